The molecule has 79 heavy (non-hydrogen) atoms. The molecule has 12 aromatic rings. The summed E-state index contributed by atoms with van der Waals surface area (Å²) < 4.78 is 0. The second kappa shape index (κ2) is 19.3. The summed E-state index contributed by atoms with van der Waals surface area (Å²) in [7, 11) is 0. The number of fused-ring (bicyclic) bond motifs is 7. The molecule has 1 heteroatoms. The van der Waals surface area contributed by atoms with Crippen LogP contribution >= 0.6 is 0 Å². The van der Waals surface area contributed by atoms with Gasteiger partial charge in [0.05, 0.1) is 16.5 Å². The molecule has 0 unspecified atom stereocenters. The van der Waals surface area contributed by atoms with Crippen LogP contribution in [0.4, 0.5) is 17.1 Å². The average molecular weight is 1010 g/mol. The third-order valence-electron chi connectivity index (χ3n) is 18.0. The van der Waals surface area contributed by atoms with E-state index < -0.39 is 10.8 Å². The molecule has 0 atom stereocenters. The fourth-order valence-corrected chi connectivity index (χ4v) is 14.8. The molecule has 0 bridgehead atoms. The molecule has 0 amide bonds. The van der Waals surface area contributed by atoms with Gasteiger partial charge in [-0.1, -0.05) is 280 Å². The fourth-order valence-electron chi connectivity index (χ4n) is 14.8. The van der Waals surface area contributed by atoms with Crippen LogP contribution in [0.15, 0.2) is 291 Å². The van der Waals surface area contributed by atoms with Gasteiger partial charge in [-0.25, -0.2) is 0 Å². The highest BCUT2D eigenvalue weighted by molar-refractivity contribution is 6.04. The fraction of sp³-hybridized carbons (Fsp3) is 0.103. The smallest absolute Gasteiger partial charge is 0.0714 e. The number of anilines is 3. The number of nitrogens with zero attached hydrogens (tertiary/aromatic N) is 1. The SMILES string of the molecule is c1ccc(C2(c3ccccc3)c3ccccc3-c3ccc(N(c4ccc(-c5cccc6c5-c5ccccc5C6(c5ccccc5)c5ccccc5)cc4)c4ccccc4-c4cccc5cccc(C6CCCCC6)c45)cc32)cc1. The monoisotopic (exact) mass is 1010 g/mol. The lowest BCUT2D eigenvalue weighted by Gasteiger charge is -2.35. The Morgan fingerprint density at radius 2 is 0.759 bits per heavy atom. The Morgan fingerprint density at radius 1 is 0.304 bits per heavy atom. The third kappa shape index (κ3) is 7.29. The molecule has 15 rings (SSSR count). The Balaban J connectivity index is 0.955. The quantitative estimate of drug-likeness (QED) is 0.132. The standard InChI is InChI=1S/C78H59N/c1-6-25-54(26-7-1)63-40-22-27-56-28-23-42-68(75(56)63)67-38-18-21-46-74(67)79(62-51-52-66-65-37-16-19-43-70(65)78(73(66)53-62,59-33-12-4-13-34-59)60-35-14-5-15-36-60)61-49-47-55(48-50-61)64-41-24-45-72-76(64)69-39-17-20-44-71(69)77(72,57-29-8-2-9-30-57)58-31-10-3-11-32-58/h2-5,8-24,27-54H,1,6-7,25-26H2. The summed E-state index contributed by atoms with van der Waals surface area (Å²) in [4.78, 5) is 2.55. The third-order valence-corrected chi connectivity index (χ3v) is 18.0. The molecular weight excluding hydrogens is 951 g/mol. The Labute approximate surface area is 464 Å². The van der Waals surface area contributed by atoms with Crippen LogP contribution in [0.3, 0.4) is 0 Å². The average Bonchev–Trinajstić information content (AvgIpc) is 4.02. The number of rotatable bonds is 10. The molecule has 0 aliphatic heterocycles. The Kier molecular flexibility index (Phi) is 11.5. The van der Waals surface area contributed by atoms with E-state index >= 15 is 0 Å². The van der Waals surface area contributed by atoms with Crippen LogP contribution in [-0.4, -0.2) is 0 Å². The summed E-state index contributed by atoms with van der Waals surface area (Å²) in [6.45, 7) is 0. The van der Waals surface area contributed by atoms with Gasteiger partial charge in [0.2, 0.25) is 0 Å². The van der Waals surface area contributed by atoms with Crippen molar-refractivity contribution in [2.24, 2.45) is 0 Å². The summed E-state index contributed by atoms with van der Waals surface area (Å²) in [6, 6.07) is 110. The van der Waals surface area contributed by atoms with E-state index in [2.05, 4.69) is 296 Å². The van der Waals surface area contributed by atoms with Crippen LogP contribution in [0.25, 0.3) is 55.3 Å². The Morgan fingerprint density at radius 3 is 1.39 bits per heavy atom. The first-order valence-corrected chi connectivity index (χ1v) is 28.4. The van der Waals surface area contributed by atoms with Crippen molar-refractivity contribution >= 4 is 27.8 Å². The minimum Gasteiger partial charge on any atom is -0.310 e. The van der Waals surface area contributed by atoms with Crippen molar-refractivity contribution in [3.05, 3.63) is 341 Å². The highest BCUT2D eigenvalue weighted by Crippen LogP contribution is 2.60. The lowest BCUT2D eigenvalue weighted by Crippen LogP contribution is -2.28. The molecule has 376 valence electrons. The number of hydrogen-bond acceptors (Lipinski definition) is 1. The molecule has 1 fully saturated rings. The molecule has 12 aromatic carbocycles. The second-order valence-electron chi connectivity index (χ2n) is 22.0. The van der Waals surface area contributed by atoms with Crippen LogP contribution in [0.5, 0.6) is 0 Å². The highest BCUT2D eigenvalue weighted by atomic mass is 15.1. The largest absolute Gasteiger partial charge is 0.310 e. The van der Waals surface area contributed by atoms with E-state index in [0.717, 1.165) is 17.1 Å². The molecule has 1 nitrogen and oxygen atoms in total. The van der Waals surface area contributed by atoms with Crippen LogP contribution in [0.1, 0.15) is 88.1 Å². The number of benzene rings is 12. The predicted molar refractivity (Wildman–Crippen MR) is 330 cm³/mol. The van der Waals surface area contributed by atoms with Crippen molar-refractivity contribution < 1.29 is 0 Å². The van der Waals surface area contributed by atoms with Crippen LogP contribution in [0, 0.1) is 0 Å². The van der Waals surface area contributed by atoms with Gasteiger partial charge in [0.1, 0.15) is 0 Å². The van der Waals surface area contributed by atoms with E-state index in [9.17, 15) is 0 Å². The molecule has 0 aromatic heterocycles. The van der Waals surface area contributed by atoms with Crippen molar-refractivity contribution in [2.75, 3.05) is 4.90 Å². The van der Waals surface area contributed by atoms with Crippen LogP contribution in [-0.2, 0) is 10.8 Å². The first-order chi connectivity index (χ1) is 39.2. The molecule has 0 N–H and O–H groups in total. The molecule has 3 aliphatic rings. The van der Waals surface area contributed by atoms with Gasteiger partial charge in [-0.2, -0.15) is 0 Å². The topological polar surface area (TPSA) is 3.24 Å². The molecule has 0 radical (unpaired) electrons. The minimum absolute atomic E-state index is 0.481. The minimum atomic E-state index is -0.553. The first kappa shape index (κ1) is 47.0. The van der Waals surface area contributed by atoms with Gasteiger partial charge < -0.3 is 4.90 Å². The van der Waals surface area contributed by atoms with Gasteiger partial charge >= 0.3 is 0 Å². The zero-order valence-corrected chi connectivity index (χ0v) is 44.3. The number of hydrogen-bond donors (Lipinski definition) is 0. The summed E-state index contributed by atoms with van der Waals surface area (Å²) in [5, 5.41) is 2.69. The van der Waals surface area contributed by atoms with Crippen molar-refractivity contribution in [2.45, 2.75) is 48.9 Å². The molecule has 3 aliphatic carbocycles. The molecular formula is C78H59N. The van der Waals surface area contributed by atoms with Gasteiger partial charge in [0.25, 0.3) is 0 Å². The summed E-state index contributed by atoms with van der Waals surface area (Å²) in [5.41, 5.74) is 24.1. The van der Waals surface area contributed by atoms with Gasteiger partial charge in [0.15, 0.2) is 0 Å². The van der Waals surface area contributed by atoms with Crippen LogP contribution in [0.2, 0.25) is 0 Å². The second-order valence-corrected chi connectivity index (χ2v) is 22.0. The molecule has 1 saturated carbocycles. The molecule has 0 saturated heterocycles. The first-order valence-electron chi connectivity index (χ1n) is 28.4. The Bertz CT molecular complexity index is 4130. The van der Waals surface area contributed by atoms with Gasteiger partial charge in [-0.3, -0.25) is 0 Å². The molecule has 0 spiro atoms. The normalized spacial score (nSPS) is 14.7. The summed E-state index contributed by atoms with van der Waals surface area (Å²) in [5.74, 6) is 0.550. The molecule has 0 heterocycles. The maximum Gasteiger partial charge on any atom is 0.0714 e. The number of para-hydroxylation sites is 1. The van der Waals surface area contributed by atoms with E-state index in [1.807, 2.05) is 0 Å². The van der Waals surface area contributed by atoms with E-state index in [1.54, 1.807) is 0 Å². The highest BCUT2D eigenvalue weighted by Gasteiger charge is 2.48. The summed E-state index contributed by atoms with van der Waals surface area (Å²) >= 11 is 0. The van der Waals surface area contributed by atoms with Gasteiger partial charge in [-0.05, 0) is 149 Å². The van der Waals surface area contributed by atoms with E-state index in [-0.39, 0.29) is 0 Å². The zero-order valence-electron chi connectivity index (χ0n) is 44.3. The van der Waals surface area contributed by atoms with Crippen molar-refractivity contribution in [3.63, 3.8) is 0 Å². The van der Waals surface area contributed by atoms with Gasteiger partial charge in [0, 0.05) is 16.9 Å². The van der Waals surface area contributed by atoms with Crippen molar-refractivity contribution in [3.8, 4) is 44.5 Å². The van der Waals surface area contributed by atoms with E-state index in [4.69, 9.17) is 0 Å². The summed E-state index contributed by atoms with van der Waals surface area (Å²) in [6.07, 6.45) is 6.39. The van der Waals surface area contributed by atoms with Crippen molar-refractivity contribution in [1.29, 1.82) is 0 Å². The van der Waals surface area contributed by atoms with E-state index in [0.29, 0.717) is 5.92 Å². The predicted octanol–water partition coefficient (Wildman–Crippen LogP) is 20.4. The van der Waals surface area contributed by atoms with Crippen molar-refractivity contribution in [1.82, 2.24) is 0 Å². The lowest BCUT2D eigenvalue weighted by atomic mass is 9.67. The van der Waals surface area contributed by atoms with E-state index in [1.165, 1.54) is 137 Å². The lowest BCUT2D eigenvalue weighted by molar-refractivity contribution is 0.445. The zero-order chi connectivity index (χ0) is 52.3. The maximum atomic E-state index is 2.55. The van der Waals surface area contributed by atoms with Crippen LogP contribution < -0.4 is 4.90 Å². The maximum absolute atomic E-state index is 2.55. The Hall–Kier alpha value is -9.30. The van der Waals surface area contributed by atoms with Gasteiger partial charge in [-0.15, -0.1) is 0 Å².